The van der Waals surface area contributed by atoms with Gasteiger partial charge in [-0.3, -0.25) is 10.1 Å². The molecule has 1 fully saturated rings. The summed E-state index contributed by atoms with van der Waals surface area (Å²) in [4.78, 5) is 10.7. The lowest BCUT2D eigenvalue weighted by atomic mass is 9.85. The first-order chi connectivity index (χ1) is 9.10. The van der Waals surface area contributed by atoms with Crippen LogP contribution in [0.15, 0.2) is 22.7 Å². The number of rotatable bonds is 4. The summed E-state index contributed by atoms with van der Waals surface area (Å²) < 4.78 is 6.57. The summed E-state index contributed by atoms with van der Waals surface area (Å²) in [5.41, 5.74) is 0.0352. The molecule has 1 aromatic carbocycles. The van der Waals surface area contributed by atoms with Crippen LogP contribution in [0.1, 0.15) is 39.0 Å². The Bertz CT molecular complexity index is 464. The molecule has 0 spiro atoms. The van der Waals surface area contributed by atoms with Gasteiger partial charge in [0, 0.05) is 10.5 Å². The van der Waals surface area contributed by atoms with Gasteiger partial charge in [0.15, 0.2) is 5.75 Å². The van der Waals surface area contributed by atoms with E-state index in [9.17, 15) is 10.1 Å². The van der Waals surface area contributed by atoms with Crippen LogP contribution in [0, 0.1) is 16.0 Å². The molecule has 4 nitrogen and oxygen atoms in total. The number of nitrogens with zero attached hydrogens (tertiary/aromatic N) is 1. The lowest BCUT2D eigenvalue weighted by molar-refractivity contribution is -0.386. The Morgan fingerprint density at radius 1 is 1.47 bits per heavy atom. The first-order valence-corrected chi connectivity index (χ1v) is 7.50. The highest BCUT2D eigenvalue weighted by Gasteiger charge is 2.25. The van der Waals surface area contributed by atoms with Crippen LogP contribution in [-0.4, -0.2) is 11.0 Å². The van der Waals surface area contributed by atoms with Crippen LogP contribution >= 0.6 is 15.9 Å². The predicted molar refractivity (Wildman–Crippen MR) is 77.5 cm³/mol. The van der Waals surface area contributed by atoms with E-state index >= 15 is 0 Å². The van der Waals surface area contributed by atoms with Crippen LogP contribution in [0.3, 0.4) is 0 Å². The molecule has 5 heteroatoms. The maximum absolute atomic E-state index is 11.0. The van der Waals surface area contributed by atoms with E-state index < -0.39 is 0 Å². The fraction of sp³-hybridized carbons (Fsp3) is 0.571. The van der Waals surface area contributed by atoms with Crippen LogP contribution in [0.5, 0.6) is 5.75 Å². The third kappa shape index (κ3) is 3.69. The molecule has 104 valence electrons. The van der Waals surface area contributed by atoms with Gasteiger partial charge in [0.1, 0.15) is 0 Å². The molecule has 1 aromatic rings. The second-order valence-electron chi connectivity index (χ2n) is 5.05. The van der Waals surface area contributed by atoms with Crippen molar-refractivity contribution >= 4 is 21.6 Å². The standard InChI is InChI=1S/C14H18BrNO3/c1-2-10-4-3-5-12(8-10)19-14-7-6-11(15)9-13(14)16(17)18/h6-7,9-10,12H,2-5,8H2,1H3. The Hall–Kier alpha value is -1.10. The van der Waals surface area contributed by atoms with Gasteiger partial charge in [-0.2, -0.15) is 0 Å². The van der Waals surface area contributed by atoms with Gasteiger partial charge < -0.3 is 4.74 Å². The highest BCUT2D eigenvalue weighted by atomic mass is 79.9. The lowest BCUT2D eigenvalue weighted by Crippen LogP contribution is -2.25. The van der Waals surface area contributed by atoms with Crippen LogP contribution in [-0.2, 0) is 0 Å². The van der Waals surface area contributed by atoms with Gasteiger partial charge in [0.25, 0.3) is 0 Å². The molecule has 0 heterocycles. The zero-order valence-corrected chi connectivity index (χ0v) is 12.6. The number of hydrogen-bond donors (Lipinski definition) is 0. The largest absolute Gasteiger partial charge is 0.483 e. The van der Waals surface area contributed by atoms with Crippen molar-refractivity contribution in [2.24, 2.45) is 5.92 Å². The van der Waals surface area contributed by atoms with Crippen molar-refractivity contribution in [1.82, 2.24) is 0 Å². The molecule has 0 bridgehead atoms. The van der Waals surface area contributed by atoms with Crippen LogP contribution in [0.4, 0.5) is 5.69 Å². The van der Waals surface area contributed by atoms with Crippen molar-refractivity contribution in [2.75, 3.05) is 0 Å². The van der Waals surface area contributed by atoms with E-state index in [0.717, 1.165) is 25.7 Å². The molecule has 2 rings (SSSR count). The Morgan fingerprint density at radius 3 is 2.95 bits per heavy atom. The Labute approximate surface area is 121 Å². The number of benzene rings is 1. The zero-order valence-electron chi connectivity index (χ0n) is 11.0. The fourth-order valence-corrected chi connectivity index (χ4v) is 2.98. The number of nitro benzene ring substituents is 1. The van der Waals surface area contributed by atoms with Gasteiger partial charge in [0.05, 0.1) is 11.0 Å². The number of nitro groups is 1. The highest BCUT2D eigenvalue weighted by molar-refractivity contribution is 9.10. The molecule has 2 atom stereocenters. The van der Waals surface area contributed by atoms with E-state index in [-0.39, 0.29) is 16.7 Å². The zero-order chi connectivity index (χ0) is 13.8. The molecule has 1 aliphatic carbocycles. The number of halogens is 1. The van der Waals surface area contributed by atoms with Crippen molar-refractivity contribution < 1.29 is 9.66 Å². The van der Waals surface area contributed by atoms with E-state index in [2.05, 4.69) is 22.9 Å². The summed E-state index contributed by atoms with van der Waals surface area (Å²) in [7, 11) is 0. The van der Waals surface area contributed by atoms with Crippen LogP contribution in [0.2, 0.25) is 0 Å². The van der Waals surface area contributed by atoms with Crippen LogP contribution in [0.25, 0.3) is 0 Å². The molecule has 2 unspecified atom stereocenters. The molecule has 0 saturated heterocycles. The maximum atomic E-state index is 11.0. The molecule has 0 aromatic heterocycles. The van der Waals surface area contributed by atoms with Gasteiger partial charge in [-0.25, -0.2) is 0 Å². The summed E-state index contributed by atoms with van der Waals surface area (Å²) in [6.07, 6.45) is 5.65. The van der Waals surface area contributed by atoms with Crippen LogP contribution < -0.4 is 4.74 Å². The Balaban J connectivity index is 2.12. The quantitative estimate of drug-likeness (QED) is 0.594. The molecule has 0 aliphatic heterocycles. The third-order valence-electron chi connectivity index (χ3n) is 3.72. The number of ether oxygens (including phenoxy) is 1. The fourth-order valence-electron chi connectivity index (χ4n) is 2.63. The van der Waals surface area contributed by atoms with Gasteiger partial charge in [-0.05, 0) is 37.3 Å². The van der Waals surface area contributed by atoms with E-state index in [4.69, 9.17) is 4.74 Å². The summed E-state index contributed by atoms with van der Waals surface area (Å²) in [5.74, 6) is 1.07. The molecule has 1 saturated carbocycles. The average Bonchev–Trinajstić information content (AvgIpc) is 2.41. The van der Waals surface area contributed by atoms with Crippen molar-refractivity contribution in [3.05, 3.63) is 32.8 Å². The SMILES string of the molecule is CCC1CCCC(Oc2ccc(Br)cc2[N+](=O)[O-])C1. The first kappa shape index (κ1) is 14.3. The third-order valence-corrected chi connectivity index (χ3v) is 4.22. The van der Waals surface area contributed by atoms with Crippen molar-refractivity contribution in [2.45, 2.75) is 45.1 Å². The molecule has 0 amide bonds. The van der Waals surface area contributed by atoms with E-state index in [1.54, 1.807) is 12.1 Å². The first-order valence-electron chi connectivity index (χ1n) is 6.70. The molecule has 19 heavy (non-hydrogen) atoms. The Kier molecular flexibility index (Phi) is 4.80. The average molecular weight is 328 g/mol. The summed E-state index contributed by atoms with van der Waals surface area (Å²) in [6, 6.07) is 4.95. The van der Waals surface area contributed by atoms with Gasteiger partial charge in [0.2, 0.25) is 0 Å². The highest BCUT2D eigenvalue weighted by Crippen LogP contribution is 2.34. The van der Waals surface area contributed by atoms with Crippen molar-refractivity contribution in [3.8, 4) is 5.75 Å². The maximum Gasteiger partial charge on any atom is 0.312 e. The van der Waals surface area contributed by atoms with Crippen molar-refractivity contribution in [3.63, 3.8) is 0 Å². The molecule has 0 N–H and O–H groups in total. The minimum absolute atomic E-state index is 0.0352. The Morgan fingerprint density at radius 2 is 2.26 bits per heavy atom. The minimum atomic E-state index is -0.389. The minimum Gasteiger partial charge on any atom is -0.483 e. The molecular formula is C14H18BrNO3. The van der Waals surface area contributed by atoms with Gasteiger partial charge in [-0.15, -0.1) is 0 Å². The summed E-state index contributed by atoms with van der Waals surface area (Å²) >= 11 is 3.25. The summed E-state index contributed by atoms with van der Waals surface area (Å²) in [5, 5.41) is 11.0. The van der Waals surface area contributed by atoms with E-state index in [1.807, 2.05) is 0 Å². The molecule has 0 radical (unpaired) electrons. The topological polar surface area (TPSA) is 52.4 Å². The lowest BCUT2D eigenvalue weighted by Gasteiger charge is -2.28. The van der Waals surface area contributed by atoms with E-state index in [1.165, 1.54) is 12.5 Å². The van der Waals surface area contributed by atoms with Crippen molar-refractivity contribution in [1.29, 1.82) is 0 Å². The summed E-state index contributed by atoms with van der Waals surface area (Å²) in [6.45, 7) is 2.19. The van der Waals surface area contributed by atoms with Gasteiger partial charge in [-0.1, -0.05) is 35.7 Å². The predicted octanol–water partition coefficient (Wildman–Crippen LogP) is 4.70. The number of hydrogen-bond acceptors (Lipinski definition) is 3. The smallest absolute Gasteiger partial charge is 0.312 e. The monoisotopic (exact) mass is 327 g/mol. The van der Waals surface area contributed by atoms with Gasteiger partial charge >= 0.3 is 5.69 Å². The normalized spacial score (nSPS) is 23.1. The second-order valence-corrected chi connectivity index (χ2v) is 5.97. The molecule has 1 aliphatic rings. The van der Waals surface area contributed by atoms with E-state index in [0.29, 0.717) is 16.1 Å². The second kappa shape index (κ2) is 6.37. The molecular weight excluding hydrogens is 310 g/mol.